The van der Waals surface area contributed by atoms with E-state index in [0.29, 0.717) is 24.4 Å². The van der Waals surface area contributed by atoms with Crippen LogP contribution in [0.4, 0.5) is 0 Å². The van der Waals surface area contributed by atoms with Crippen LogP contribution in [0.5, 0.6) is 0 Å². The number of methoxy groups -OCH3 is 1. The van der Waals surface area contributed by atoms with Crippen LogP contribution in [0.15, 0.2) is 11.3 Å². The Morgan fingerprint density at radius 3 is 2.93 bits per heavy atom. The van der Waals surface area contributed by atoms with Crippen LogP contribution in [-0.2, 0) is 19.0 Å². The van der Waals surface area contributed by atoms with Crippen LogP contribution in [0.25, 0.3) is 0 Å². The van der Waals surface area contributed by atoms with Crippen molar-refractivity contribution in [2.24, 2.45) is 0 Å². The average Bonchev–Trinajstić information content (AvgIpc) is 2.59. The van der Waals surface area contributed by atoms with Gasteiger partial charge in [0.15, 0.2) is 0 Å². The second-order valence-corrected chi connectivity index (χ2v) is 3.50. The Bertz CT molecular complexity index is 257. The average molecular weight is 214 g/mol. The first-order valence-electron chi connectivity index (χ1n) is 5.25. The number of carbonyl (C=O) groups is 1. The Hall–Kier alpha value is -1.03. The molecule has 1 unspecified atom stereocenters. The van der Waals surface area contributed by atoms with Crippen LogP contribution >= 0.6 is 0 Å². The van der Waals surface area contributed by atoms with Crippen LogP contribution in [-0.4, -0.2) is 26.0 Å². The number of allylic oxidation sites excluding steroid dienone is 1. The number of carbonyl (C=O) groups excluding carboxylic acids is 1. The van der Waals surface area contributed by atoms with Gasteiger partial charge < -0.3 is 14.2 Å². The summed E-state index contributed by atoms with van der Waals surface area (Å²) in [5.74, 6) is 0.289. The van der Waals surface area contributed by atoms with Crippen molar-refractivity contribution in [1.29, 1.82) is 0 Å². The first kappa shape index (κ1) is 12.0. The topological polar surface area (TPSA) is 44.8 Å². The second kappa shape index (κ2) is 5.75. The molecule has 4 heteroatoms. The summed E-state index contributed by atoms with van der Waals surface area (Å²) < 4.78 is 15.5. The van der Waals surface area contributed by atoms with Crippen molar-refractivity contribution in [3.8, 4) is 0 Å². The normalized spacial score (nSPS) is 20.3. The van der Waals surface area contributed by atoms with E-state index in [9.17, 15) is 4.79 Å². The summed E-state index contributed by atoms with van der Waals surface area (Å²) in [7, 11) is 1.37. The van der Waals surface area contributed by atoms with Crippen molar-refractivity contribution in [1.82, 2.24) is 0 Å². The van der Waals surface area contributed by atoms with Gasteiger partial charge in [-0.15, -0.1) is 0 Å². The van der Waals surface area contributed by atoms with Crippen LogP contribution in [0.2, 0.25) is 0 Å². The van der Waals surface area contributed by atoms with Gasteiger partial charge in [-0.25, -0.2) is 4.79 Å². The minimum atomic E-state index is -0.325. The van der Waals surface area contributed by atoms with Gasteiger partial charge in [-0.2, -0.15) is 0 Å². The molecule has 0 N–H and O–H groups in total. The molecule has 86 valence electrons. The first-order valence-corrected chi connectivity index (χ1v) is 5.25. The van der Waals surface area contributed by atoms with Crippen molar-refractivity contribution in [3.05, 3.63) is 11.3 Å². The van der Waals surface area contributed by atoms with Gasteiger partial charge in [0.05, 0.1) is 19.3 Å². The molecule has 0 bridgehead atoms. The number of ether oxygens (including phenoxy) is 3. The molecule has 4 nitrogen and oxygen atoms in total. The second-order valence-electron chi connectivity index (χ2n) is 3.50. The molecule has 0 aromatic heterocycles. The third-order valence-corrected chi connectivity index (χ3v) is 2.34. The van der Waals surface area contributed by atoms with E-state index in [4.69, 9.17) is 9.47 Å². The standard InChI is InChI=1S/C11H18O4/c1-4-5-6-14-10-7-9(8(2)15-10)11(12)13-3/h10H,4-7H2,1-3H3. The molecular weight excluding hydrogens is 196 g/mol. The number of unbranched alkanes of at least 4 members (excludes halogenated alkanes) is 1. The zero-order valence-corrected chi connectivity index (χ0v) is 9.54. The smallest absolute Gasteiger partial charge is 0.337 e. The van der Waals surface area contributed by atoms with Crippen molar-refractivity contribution in [2.75, 3.05) is 13.7 Å². The van der Waals surface area contributed by atoms with Gasteiger partial charge in [-0.3, -0.25) is 0 Å². The molecule has 1 atom stereocenters. The molecule has 0 saturated heterocycles. The predicted octanol–water partition coefficient (Wildman–Crippen LogP) is 2.00. The molecule has 0 spiro atoms. The van der Waals surface area contributed by atoms with Gasteiger partial charge in [0, 0.05) is 6.42 Å². The van der Waals surface area contributed by atoms with Gasteiger partial charge in [0.2, 0.25) is 6.29 Å². The van der Waals surface area contributed by atoms with Gasteiger partial charge in [-0.1, -0.05) is 13.3 Å². The third-order valence-electron chi connectivity index (χ3n) is 2.34. The maximum Gasteiger partial charge on any atom is 0.337 e. The van der Waals surface area contributed by atoms with E-state index in [0.717, 1.165) is 12.8 Å². The Morgan fingerprint density at radius 1 is 1.60 bits per heavy atom. The number of rotatable bonds is 5. The SMILES string of the molecule is CCCCOC1CC(C(=O)OC)=C(C)O1. The highest BCUT2D eigenvalue weighted by Crippen LogP contribution is 2.26. The Labute approximate surface area is 90.2 Å². The third kappa shape index (κ3) is 3.23. The summed E-state index contributed by atoms with van der Waals surface area (Å²) in [6.07, 6.45) is 2.27. The monoisotopic (exact) mass is 214 g/mol. The molecule has 1 aliphatic rings. The molecule has 0 amide bonds. The van der Waals surface area contributed by atoms with Crippen LogP contribution in [0.1, 0.15) is 33.1 Å². The Morgan fingerprint density at radius 2 is 2.33 bits per heavy atom. The lowest BCUT2D eigenvalue weighted by molar-refractivity contribution is -0.136. The van der Waals surface area contributed by atoms with Gasteiger partial charge in [0.1, 0.15) is 5.76 Å². The molecule has 0 aromatic rings. The summed E-state index contributed by atoms with van der Waals surface area (Å²) in [6.45, 7) is 4.53. The van der Waals surface area contributed by atoms with Gasteiger partial charge in [0.25, 0.3) is 0 Å². The molecular formula is C11H18O4. The minimum absolute atomic E-state index is 0.314. The van der Waals surface area contributed by atoms with E-state index in [-0.39, 0.29) is 12.3 Å². The lowest BCUT2D eigenvalue weighted by Gasteiger charge is -2.11. The first-order chi connectivity index (χ1) is 7.19. The van der Waals surface area contributed by atoms with Crippen LogP contribution < -0.4 is 0 Å². The maximum atomic E-state index is 11.3. The fourth-order valence-corrected chi connectivity index (χ4v) is 1.42. The quantitative estimate of drug-likeness (QED) is 0.518. The highest BCUT2D eigenvalue weighted by atomic mass is 16.7. The molecule has 0 aromatic carbocycles. The highest BCUT2D eigenvalue weighted by molar-refractivity contribution is 5.89. The summed E-state index contributed by atoms with van der Waals surface area (Å²) in [6, 6.07) is 0. The molecule has 0 aliphatic carbocycles. The summed E-state index contributed by atoms with van der Waals surface area (Å²) in [4.78, 5) is 11.3. The maximum absolute atomic E-state index is 11.3. The van der Waals surface area contributed by atoms with E-state index >= 15 is 0 Å². The zero-order chi connectivity index (χ0) is 11.3. The van der Waals surface area contributed by atoms with E-state index in [2.05, 4.69) is 11.7 Å². The van der Waals surface area contributed by atoms with E-state index < -0.39 is 0 Å². The van der Waals surface area contributed by atoms with Crippen molar-refractivity contribution in [2.45, 2.75) is 39.4 Å². The van der Waals surface area contributed by atoms with Crippen molar-refractivity contribution in [3.63, 3.8) is 0 Å². The fraction of sp³-hybridized carbons (Fsp3) is 0.727. The molecule has 0 saturated carbocycles. The lowest BCUT2D eigenvalue weighted by atomic mass is 10.2. The van der Waals surface area contributed by atoms with Crippen molar-refractivity contribution >= 4 is 5.97 Å². The van der Waals surface area contributed by atoms with E-state index in [1.807, 2.05) is 0 Å². The molecule has 15 heavy (non-hydrogen) atoms. The van der Waals surface area contributed by atoms with Crippen molar-refractivity contribution < 1.29 is 19.0 Å². The summed E-state index contributed by atoms with van der Waals surface area (Å²) in [5.41, 5.74) is 0.582. The zero-order valence-electron chi connectivity index (χ0n) is 9.54. The molecule has 0 fully saturated rings. The largest absolute Gasteiger partial charge is 0.469 e. The Kier molecular flexibility index (Phi) is 4.62. The Balaban J connectivity index is 2.38. The number of esters is 1. The molecule has 1 aliphatic heterocycles. The van der Waals surface area contributed by atoms with Gasteiger partial charge >= 0.3 is 5.97 Å². The fourth-order valence-electron chi connectivity index (χ4n) is 1.42. The van der Waals surface area contributed by atoms with Crippen LogP contribution in [0, 0.1) is 0 Å². The number of hydrogen-bond acceptors (Lipinski definition) is 4. The molecule has 1 rings (SSSR count). The summed E-state index contributed by atoms with van der Waals surface area (Å²) in [5, 5.41) is 0. The predicted molar refractivity (Wildman–Crippen MR) is 55.1 cm³/mol. The lowest BCUT2D eigenvalue weighted by Crippen LogP contribution is -2.13. The minimum Gasteiger partial charge on any atom is -0.469 e. The van der Waals surface area contributed by atoms with E-state index in [1.165, 1.54) is 7.11 Å². The highest BCUT2D eigenvalue weighted by Gasteiger charge is 2.28. The van der Waals surface area contributed by atoms with Crippen LogP contribution in [0.3, 0.4) is 0 Å². The molecule has 1 heterocycles. The number of hydrogen-bond donors (Lipinski definition) is 0. The molecule has 0 radical (unpaired) electrons. The summed E-state index contributed by atoms with van der Waals surface area (Å²) >= 11 is 0. The van der Waals surface area contributed by atoms with E-state index in [1.54, 1.807) is 6.92 Å². The van der Waals surface area contributed by atoms with Gasteiger partial charge in [-0.05, 0) is 13.3 Å².